The minimum absolute atomic E-state index is 0.427. The van der Waals surface area contributed by atoms with E-state index in [0.717, 1.165) is 17.5 Å². The molecule has 1 saturated carbocycles. The van der Waals surface area contributed by atoms with Crippen LogP contribution >= 0.6 is 11.3 Å². The summed E-state index contributed by atoms with van der Waals surface area (Å²) in [6.45, 7) is 4.55. The lowest BCUT2D eigenvalue weighted by Gasteiger charge is -2.33. The highest BCUT2D eigenvalue weighted by Gasteiger charge is 2.26. The number of nitrogens with one attached hydrogen (secondary N) is 1. The standard InChI is InChI=1S/C13H21N3O2S/c1-7-3-4-9(8(2)5-7)15-13-16-10(6-19-13)11(14)12(17)18/h6-9,11H,3-5,14H2,1-2H3,(H,15,16)(H,17,18). The summed E-state index contributed by atoms with van der Waals surface area (Å²) in [5, 5.41) is 14.8. The van der Waals surface area contributed by atoms with Crippen LogP contribution in [-0.2, 0) is 4.79 Å². The van der Waals surface area contributed by atoms with Gasteiger partial charge in [0.05, 0.1) is 5.69 Å². The second kappa shape index (κ2) is 5.88. The number of aliphatic carboxylic acids is 1. The molecule has 4 unspecified atom stereocenters. The van der Waals surface area contributed by atoms with Gasteiger partial charge in [-0.1, -0.05) is 13.8 Å². The van der Waals surface area contributed by atoms with Crippen molar-refractivity contribution in [3.63, 3.8) is 0 Å². The van der Waals surface area contributed by atoms with Gasteiger partial charge in [-0.25, -0.2) is 4.98 Å². The highest BCUT2D eigenvalue weighted by Crippen LogP contribution is 2.31. The van der Waals surface area contributed by atoms with E-state index >= 15 is 0 Å². The lowest BCUT2D eigenvalue weighted by molar-refractivity contribution is -0.138. The first-order chi connectivity index (χ1) is 8.97. The number of nitrogens with zero attached hydrogens (tertiary/aromatic N) is 1. The molecule has 0 aromatic carbocycles. The summed E-state index contributed by atoms with van der Waals surface area (Å²) in [5.74, 6) is 0.362. The Morgan fingerprint density at radius 1 is 1.58 bits per heavy atom. The molecule has 19 heavy (non-hydrogen) atoms. The van der Waals surface area contributed by atoms with E-state index in [0.29, 0.717) is 17.7 Å². The third kappa shape index (κ3) is 3.45. The molecule has 4 N–H and O–H groups in total. The molecule has 106 valence electrons. The Kier molecular flexibility index (Phi) is 4.42. The van der Waals surface area contributed by atoms with Crippen molar-refractivity contribution in [2.45, 2.75) is 45.2 Å². The monoisotopic (exact) mass is 283 g/mol. The number of rotatable bonds is 4. The van der Waals surface area contributed by atoms with Crippen LogP contribution in [0.2, 0.25) is 0 Å². The van der Waals surface area contributed by atoms with Gasteiger partial charge in [-0.05, 0) is 31.1 Å². The molecule has 2 rings (SSSR count). The van der Waals surface area contributed by atoms with Gasteiger partial charge in [0.15, 0.2) is 5.13 Å². The first-order valence-corrected chi connectivity index (χ1v) is 7.55. The Hall–Kier alpha value is -1.14. The number of anilines is 1. The van der Waals surface area contributed by atoms with Gasteiger partial charge >= 0.3 is 5.97 Å². The largest absolute Gasteiger partial charge is 0.480 e. The summed E-state index contributed by atoms with van der Waals surface area (Å²) in [5.41, 5.74) is 5.97. The molecule has 4 atom stereocenters. The fraction of sp³-hybridized carbons (Fsp3) is 0.692. The number of carboxylic acid groups (broad SMARTS) is 1. The second-order valence-electron chi connectivity index (χ2n) is 5.54. The van der Waals surface area contributed by atoms with Crippen LogP contribution in [0.15, 0.2) is 5.38 Å². The quantitative estimate of drug-likeness (QED) is 0.790. The van der Waals surface area contributed by atoms with Gasteiger partial charge in [0, 0.05) is 11.4 Å². The molecule has 5 nitrogen and oxygen atoms in total. The SMILES string of the molecule is CC1CCC(Nc2nc(C(N)C(=O)O)cs2)C(C)C1. The van der Waals surface area contributed by atoms with Gasteiger partial charge in [-0.3, -0.25) is 4.79 Å². The fourth-order valence-corrected chi connectivity index (χ4v) is 3.47. The molecule has 0 spiro atoms. The van der Waals surface area contributed by atoms with E-state index in [-0.39, 0.29) is 0 Å². The van der Waals surface area contributed by atoms with E-state index < -0.39 is 12.0 Å². The van der Waals surface area contributed by atoms with E-state index in [9.17, 15) is 4.79 Å². The highest BCUT2D eigenvalue weighted by molar-refractivity contribution is 7.13. The number of carbonyl (C=O) groups is 1. The van der Waals surface area contributed by atoms with Crippen molar-refractivity contribution in [1.82, 2.24) is 4.98 Å². The molecular formula is C13H21N3O2S. The number of aromatic nitrogens is 1. The van der Waals surface area contributed by atoms with Gasteiger partial charge in [0.2, 0.25) is 0 Å². The van der Waals surface area contributed by atoms with Crippen LogP contribution in [-0.4, -0.2) is 22.1 Å². The topological polar surface area (TPSA) is 88.2 Å². The summed E-state index contributed by atoms with van der Waals surface area (Å²) in [7, 11) is 0. The Morgan fingerprint density at radius 3 is 2.95 bits per heavy atom. The molecule has 6 heteroatoms. The van der Waals surface area contributed by atoms with Crippen LogP contribution < -0.4 is 11.1 Å². The average molecular weight is 283 g/mol. The van der Waals surface area contributed by atoms with Crippen molar-refractivity contribution < 1.29 is 9.90 Å². The van der Waals surface area contributed by atoms with Crippen molar-refractivity contribution in [3.05, 3.63) is 11.1 Å². The van der Waals surface area contributed by atoms with Gasteiger partial charge < -0.3 is 16.2 Å². The number of thiazole rings is 1. The van der Waals surface area contributed by atoms with Crippen molar-refractivity contribution >= 4 is 22.4 Å². The van der Waals surface area contributed by atoms with Crippen LogP contribution in [0.5, 0.6) is 0 Å². The van der Waals surface area contributed by atoms with Crippen LogP contribution in [0.1, 0.15) is 44.8 Å². The normalized spacial score (nSPS) is 28.9. The zero-order chi connectivity index (χ0) is 14.0. The van der Waals surface area contributed by atoms with E-state index in [2.05, 4.69) is 24.1 Å². The highest BCUT2D eigenvalue weighted by atomic mass is 32.1. The summed E-state index contributed by atoms with van der Waals surface area (Å²) < 4.78 is 0. The van der Waals surface area contributed by atoms with Gasteiger partial charge in [0.25, 0.3) is 0 Å². The van der Waals surface area contributed by atoms with E-state index in [4.69, 9.17) is 10.8 Å². The summed E-state index contributed by atoms with van der Waals surface area (Å²) in [6.07, 6.45) is 3.60. The number of nitrogens with two attached hydrogens (primary N) is 1. The summed E-state index contributed by atoms with van der Waals surface area (Å²) in [4.78, 5) is 15.1. The van der Waals surface area contributed by atoms with Gasteiger partial charge in [-0.2, -0.15) is 0 Å². The molecule has 1 aromatic rings. The minimum atomic E-state index is -1.04. The van der Waals surface area contributed by atoms with Crippen LogP contribution in [0, 0.1) is 11.8 Å². The Bertz CT molecular complexity index is 449. The maximum Gasteiger partial charge on any atom is 0.326 e. The molecule has 0 bridgehead atoms. The fourth-order valence-electron chi connectivity index (χ4n) is 2.66. The number of hydrogen-bond donors (Lipinski definition) is 3. The maximum atomic E-state index is 10.8. The van der Waals surface area contributed by atoms with Gasteiger partial charge in [-0.15, -0.1) is 11.3 Å². The van der Waals surface area contributed by atoms with Crippen molar-refractivity contribution in [2.75, 3.05) is 5.32 Å². The molecule has 1 heterocycles. The molecule has 1 fully saturated rings. The summed E-state index contributed by atoms with van der Waals surface area (Å²) >= 11 is 1.43. The minimum Gasteiger partial charge on any atom is -0.480 e. The molecule has 1 aromatic heterocycles. The second-order valence-corrected chi connectivity index (χ2v) is 6.40. The van der Waals surface area contributed by atoms with Crippen LogP contribution in [0.25, 0.3) is 0 Å². The third-order valence-electron chi connectivity index (χ3n) is 3.85. The van der Waals surface area contributed by atoms with Crippen LogP contribution in [0.3, 0.4) is 0 Å². The number of carboxylic acids is 1. The molecule has 1 aliphatic rings. The van der Waals surface area contributed by atoms with Crippen molar-refractivity contribution in [1.29, 1.82) is 0 Å². The first-order valence-electron chi connectivity index (χ1n) is 6.67. The van der Waals surface area contributed by atoms with Gasteiger partial charge in [0.1, 0.15) is 6.04 Å². The van der Waals surface area contributed by atoms with E-state index in [1.165, 1.54) is 24.2 Å². The first kappa shape index (κ1) is 14.3. The third-order valence-corrected chi connectivity index (χ3v) is 4.64. The molecule has 1 aliphatic carbocycles. The average Bonchev–Trinajstić information content (AvgIpc) is 2.80. The molecule has 0 radical (unpaired) electrons. The molecular weight excluding hydrogens is 262 g/mol. The predicted molar refractivity (Wildman–Crippen MR) is 76.3 cm³/mol. The summed E-state index contributed by atoms with van der Waals surface area (Å²) in [6, 6.07) is -0.605. The van der Waals surface area contributed by atoms with Crippen LogP contribution in [0.4, 0.5) is 5.13 Å². The molecule has 0 aliphatic heterocycles. The molecule has 0 saturated heterocycles. The Labute approximate surface area is 117 Å². The number of hydrogen-bond acceptors (Lipinski definition) is 5. The van der Waals surface area contributed by atoms with E-state index in [1.54, 1.807) is 5.38 Å². The Balaban J connectivity index is 1.98. The van der Waals surface area contributed by atoms with Crippen molar-refractivity contribution in [2.24, 2.45) is 17.6 Å². The smallest absolute Gasteiger partial charge is 0.326 e. The lowest BCUT2D eigenvalue weighted by Crippen LogP contribution is -2.33. The zero-order valence-electron chi connectivity index (χ0n) is 11.3. The Morgan fingerprint density at radius 2 is 2.32 bits per heavy atom. The maximum absolute atomic E-state index is 10.8. The lowest BCUT2D eigenvalue weighted by atomic mass is 9.80. The van der Waals surface area contributed by atoms with Crippen molar-refractivity contribution in [3.8, 4) is 0 Å². The predicted octanol–water partition coefficient (Wildman–Crippen LogP) is 2.46. The zero-order valence-corrected chi connectivity index (χ0v) is 12.1. The van der Waals surface area contributed by atoms with E-state index in [1.807, 2.05) is 0 Å². The molecule has 0 amide bonds.